The number of H-pyrrole nitrogens is 1. The summed E-state index contributed by atoms with van der Waals surface area (Å²) < 4.78 is 5.16. The van der Waals surface area contributed by atoms with Crippen LogP contribution in [0.15, 0.2) is 29.2 Å². The second kappa shape index (κ2) is 6.10. The maximum atomic E-state index is 12.3. The van der Waals surface area contributed by atoms with E-state index in [4.69, 9.17) is 4.74 Å². The molecule has 0 aliphatic carbocycles. The van der Waals surface area contributed by atoms with Crippen molar-refractivity contribution in [1.82, 2.24) is 4.98 Å². The van der Waals surface area contributed by atoms with Gasteiger partial charge in [-0.1, -0.05) is 13.8 Å². The fourth-order valence-corrected chi connectivity index (χ4v) is 2.00. The van der Waals surface area contributed by atoms with Gasteiger partial charge in [-0.25, -0.2) is 4.79 Å². The fourth-order valence-electron chi connectivity index (χ4n) is 2.00. The average Bonchev–Trinajstić information content (AvgIpc) is 2.44. The van der Waals surface area contributed by atoms with Gasteiger partial charge in [-0.15, -0.1) is 0 Å². The summed E-state index contributed by atoms with van der Waals surface area (Å²) in [6.45, 7) is 5.76. The zero-order valence-electron chi connectivity index (χ0n) is 12.3. The van der Waals surface area contributed by atoms with E-state index in [1.807, 2.05) is 13.8 Å². The number of hydrogen-bond acceptors (Lipinski definition) is 4. The van der Waals surface area contributed by atoms with Gasteiger partial charge in [0, 0.05) is 22.7 Å². The monoisotopic (exact) mass is 289 g/mol. The van der Waals surface area contributed by atoms with Crippen LogP contribution in [0.5, 0.6) is 0 Å². The van der Waals surface area contributed by atoms with Gasteiger partial charge < -0.3 is 14.8 Å². The number of hydrogen-bond donors (Lipinski definition) is 2. The summed E-state index contributed by atoms with van der Waals surface area (Å²) in [5, 5.41) is 9.94. The SMILES string of the molecule is CC(C)COC(=O)c1ccc2[nH]cc(C(C)O)c(=O)c2c1. The summed E-state index contributed by atoms with van der Waals surface area (Å²) in [5.74, 6) is -0.202. The molecule has 21 heavy (non-hydrogen) atoms. The number of aliphatic hydroxyl groups is 1. The van der Waals surface area contributed by atoms with Crippen molar-refractivity contribution < 1.29 is 14.6 Å². The molecule has 1 aromatic heterocycles. The number of pyridine rings is 1. The van der Waals surface area contributed by atoms with Crippen LogP contribution in [0, 0.1) is 5.92 Å². The first-order chi connectivity index (χ1) is 9.90. The van der Waals surface area contributed by atoms with Gasteiger partial charge in [-0.3, -0.25) is 4.79 Å². The van der Waals surface area contributed by atoms with E-state index in [1.165, 1.54) is 19.2 Å². The molecule has 0 amide bonds. The van der Waals surface area contributed by atoms with Crippen LogP contribution in [0.4, 0.5) is 0 Å². The Kier molecular flexibility index (Phi) is 4.43. The van der Waals surface area contributed by atoms with Crippen LogP contribution in [0.1, 0.15) is 42.8 Å². The van der Waals surface area contributed by atoms with Crippen LogP contribution < -0.4 is 5.43 Å². The minimum absolute atomic E-state index is 0.250. The van der Waals surface area contributed by atoms with E-state index in [0.29, 0.717) is 23.1 Å². The van der Waals surface area contributed by atoms with E-state index in [0.717, 1.165) is 0 Å². The Labute approximate surface area is 122 Å². The highest BCUT2D eigenvalue weighted by Gasteiger charge is 2.13. The molecular formula is C16H19NO4. The zero-order valence-corrected chi connectivity index (χ0v) is 12.3. The number of carbonyl (C=O) groups is 1. The van der Waals surface area contributed by atoms with Gasteiger partial charge in [0.15, 0.2) is 5.43 Å². The van der Waals surface area contributed by atoms with Crippen LogP contribution >= 0.6 is 0 Å². The first kappa shape index (κ1) is 15.3. The van der Waals surface area contributed by atoms with Gasteiger partial charge in [0.25, 0.3) is 0 Å². The predicted octanol–water partition coefficient (Wildman–Crippen LogP) is 2.39. The molecule has 0 aliphatic rings. The zero-order chi connectivity index (χ0) is 15.6. The molecule has 0 spiro atoms. The van der Waals surface area contributed by atoms with Crippen molar-refractivity contribution in [3.8, 4) is 0 Å². The van der Waals surface area contributed by atoms with Crippen LogP contribution in [0.2, 0.25) is 0 Å². The second-order valence-corrected chi connectivity index (χ2v) is 5.50. The molecule has 5 heteroatoms. The molecule has 0 saturated heterocycles. The molecular weight excluding hydrogens is 270 g/mol. The third-order valence-electron chi connectivity index (χ3n) is 3.14. The van der Waals surface area contributed by atoms with Crippen molar-refractivity contribution in [3.05, 3.63) is 45.7 Å². The van der Waals surface area contributed by atoms with Crippen molar-refractivity contribution >= 4 is 16.9 Å². The number of aliphatic hydroxyl groups excluding tert-OH is 1. The lowest BCUT2D eigenvalue weighted by Crippen LogP contribution is -2.14. The van der Waals surface area contributed by atoms with Crippen LogP contribution in [-0.4, -0.2) is 22.7 Å². The number of esters is 1. The van der Waals surface area contributed by atoms with Gasteiger partial charge in [0.1, 0.15) is 0 Å². The molecule has 0 saturated carbocycles. The summed E-state index contributed by atoms with van der Waals surface area (Å²) in [7, 11) is 0. The van der Waals surface area contributed by atoms with E-state index < -0.39 is 12.1 Å². The summed E-state index contributed by atoms with van der Waals surface area (Å²) in [6.07, 6.45) is 0.626. The molecule has 0 aliphatic heterocycles. The Morgan fingerprint density at radius 2 is 2.05 bits per heavy atom. The van der Waals surface area contributed by atoms with E-state index in [1.54, 1.807) is 12.1 Å². The molecule has 0 radical (unpaired) electrons. The molecule has 1 heterocycles. The topological polar surface area (TPSA) is 79.4 Å². The van der Waals surface area contributed by atoms with Gasteiger partial charge in [-0.05, 0) is 31.0 Å². The molecule has 5 nitrogen and oxygen atoms in total. The molecule has 2 rings (SSSR count). The van der Waals surface area contributed by atoms with Crippen LogP contribution in [0.3, 0.4) is 0 Å². The Balaban J connectivity index is 2.42. The maximum absolute atomic E-state index is 12.3. The van der Waals surface area contributed by atoms with Gasteiger partial charge in [-0.2, -0.15) is 0 Å². The van der Waals surface area contributed by atoms with Gasteiger partial charge in [0.2, 0.25) is 0 Å². The van der Waals surface area contributed by atoms with E-state index in [-0.39, 0.29) is 16.9 Å². The summed E-state index contributed by atoms with van der Waals surface area (Å²) >= 11 is 0. The lowest BCUT2D eigenvalue weighted by atomic mass is 10.1. The van der Waals surface area contributed by atoms with Crippen LogP contribution in [0.25, 0.3) is 10.9 Å². The van der Waals surface area contributed by atoms with Gasteiger partial charge >= 0.3 is 5.97 Å². The summed E-state index contributed by atoms with van der Waals surface area (Å²) in [6, 6.07) is 4.78. The van der Waals surface area contributed by atoms with Crippen molar-refractivity contribution in [3.63, 3.8) is 0 Å². The average molecular weight is 289 g/mol. The number of benzene rings is 1. The standard InChI is InChI=1S/C16H19NO4/c1-9(2)8-21-16(20)11-4-5-14-12(6-11)15(19)13(7-17-14)10(3)18/h4-7,9-10,18H,8H2,1-3H3,(H,17,19). The van der Waals surface area contributed by atoms with Crippen molar-refractivity contribution in [2.75, 3.05) is 6.61 Å². The smallest absolute Gasteiger partial charge is 0.338 e. The Hall–Kier alpha value is -2.14. The fraction of sp³-hybridized carbons (Fsp3) is 0.375. The number of fused-ring (bicyclic) bond motifs is 1. The predicted molar refractivity (Wildman–Crippen MR) is 80.3 cm³/mol. The van der Waals surface area contributed by atoms with Crippen molar-refractivity contribution in [1.29, 1.82) is 0 Å². The lowest BCUT2D eigenvalue weighted by Gasteiger charge is -2.09. The lowest BCUT2D eigenvalue weighted by molar-refractivity contribution is 0.0459. The molecule has 1 unspecified atom stereocenters. The minimum Gasteiger partial charge on any atom is -0.462 e. The molecule has 1 atom stereocenters. The molecule has 0 fully saturated rings. The number of carbonyl (C=O) groups excluding carboxylic acids is 1. The highest BCUT2D eigenvalue weighted by atomic mass is 16.5. The van der Waals surface area contributed by atoms with E-state index in [9.17, 15) is 14.7 Å². The highest BCUT2D eigenvalue weighted by Crippen LogP contribution is 2.15. The molecule has 0 bridgehead atoms. The normalized spacial score (nSPS) is 12.6. The Bertz CT molecular complexity index is 716. The third kappa shape index (κ3) is 3.31. The maximum Gasteiger partial charge on any atom is 0.338 e. The quantitative estimate of drug-likeness (QED) is 0.847. The number of aromatic nitrogens is 1. The third-order valence-corrected chi connectivity index (χ3v) is 3.14. The van der Waals surface area contributed by atoms with Crippen molar-refractivity contribution in [2.24, 2.45) is 5.92 Å². The van der Waals surface area contributed by atoms with Crippen LogP contribution in [-0.2, 0) is 4.74 Å². The molecule has 1 aromatic carbocycles. The molecule has 2 N–H and O–H groups in total. The Morgan fingerprint density at radius 1 is 1.33 bits per heavy atom. The Morgan fingerprint density at radius 3 is 2.67 bits per heavy atom. The number of nitrogens with one attached hydrogen (secondary N) is 1. The highest BCUT2D eigenvalue weighted by molar-refractivity contribution is 5.94. The summed E-state index contributed by atoms with van der Waals surface area (Å²) in [5.41, 5.74) is 0.939. The largest absolute Gasteiger partial charge is 0.462 e. The molecule has 112 valence electrons. The molecule has 2 aromatic rings. The number of ether oxygens (including phenoxy) is 1. The summed E-state index contributed by atoms with van der Waals surface area (Å²) in [4.78, 5) is 27.2. The first-order valence-electron chi connectivity index (χ1n) is 6.90. The number of rotatable bonds is 4. The van der Waals surface area contributed by atoms with E-state index in [2.05, 4.69) is 4.98 Å². The minimum atomic E-state index is -0.866. The van der Waals surface area contributed by atoms with E-state index >= 15 is 0 Å². The van der Waals surface area contributed by atoms with Gasteiger partial charge in [0.05, 0.1) is 18.3 Å². The second-order valence-electron chi connectivity index (χ2n) is 5.50. The van der Waals surface area contributed by atoms with Crippen molar-refractivity contribution in [2.45, 2.75) is 26.9 Å². The number of aromatic amines is 1. The first-order valence-corrected chi connectivity index (χ1v) is 6.90.